The average molecular weight is 268 g/mol. The van der Waals surface area contributed by atoms with Gasteiger partial charge in [-0.05, 0) is 29.3 Å². The number of rotatable bonds is 2. The van der Waals surface area contributed by atoms with Gasteiger partial charge in [-0.1, -0.05) is 17.7 Å². The van der Waals surface area contributed by atoms with Crippen molar-refractivity contribution in [1.29, 1.82) is 0 Å². The quantitative estimate of drug-likeness (QED) is 0.878. The summed E-state index contributed by atoms with van der Waals surface area (Å²) >= 11 is 5.63. The highest BCUT2D eigenvalue weighted by molar-refractivity contribution is 6.31. The molecule has 0 aliphatic heterocycles. The third-order valence-corrected chi connectivity index (χ3v) is 2.68. The van der Waals surface area contributed by atoms with Gasteiger partial charge in [0.05, 0.1) is 5.02 Å². The van der Waals surface area contributed by atoms with Crippen LogP contribution in [-0.2, 0) is 0 Å². The van der Waals surface area contributed by atoms with E-state index in [1.54, 1.807) is 0 Å². The number of aromatic amines is 1. The zero-order valence-electron chi connectivity index (χ0n) is 8.91. The van der Waals surface area contributed by atoms with Crippen LogP contribution in [0.15, 0.2) is 35.3 Å². The summed E-state index contributed by atoms with van der Waals surface area (Å²) in [6.45, 7) is 0. The van der Waals surface area contributed by atoms with Gasteiger partial charge in [0.25, 0.3) is 5.56 Å². The van der Waals surface area contributed by atoms with Gasteiger partial charge < -0.3 is 10.1 Å². The van der Waals surface area contributed by atoms with E-state index in [1.807, 2.05) is 0 Å². The molecule has 0 unspecified atom stereocenters. The van der Waals surface area contributed by atoms with Crippen molar-refractivity contribution in [3.63, 3.8) is 0 Å². The predicted molar refractivity (Wildman–Crippen MR) is 64.4 cm³/mol. The molecule has 0 amide bonds. The predicted octanol–water partition coefficient (Wildman–Crippen LogP) is 2.53. The molecule has 0 saturated heterocycles. The Labute approximate surface area is 106 Å². The highest BCUT2D eigenvalue weighted by Gasteiger charge is 2.11. The van der Waals surface area contributed by atoms with Gasteiger partial charge in [0, 0.05) is 6.20 Å². The Kier molecular flexibility index (Phi) is 3.16. The zero-order valence-corrected chi connectivity index (χ0v) is 9.66. The molecule has 0 aliphatic rings. The molecule has 18 heavy (non-hydrogen) atoms. The molecule has 0 atom stereocenters. The number of halogens is 2. The number of carboxylic acids is 1. The molecule has 6 heteroatoms. The van der Waals surface area contributed by atoms with Crippen molar-refractivity contribution in [2.24, 2.45) is 0 Å². The minimum absolute atomic E-state index is 0.0735. The summed E-state index contributed by atoms with van der Waals surface area (Å²) in [4.78, 5) is 24.4. The molecular weight excluding hydrogens is 261 g/mol. The van der Waals surface area contributed by atoms with E-state index in [9.17, 15) is 14.0 Å². The molecule has 1 aromatic carbocycles. The Morgan fingerprint density at radius 1 is 1.28 bits per heavy atom. The van der Waals surface area contributed by atoms with Gasteiger partial charge >= 0.3 is 5.97 Å². The topological polar surface area (TPSA) is 70.2 Å². The Hall–Kier alpha value is -2.14. The fourth-order valence-corrected chi connectivity index (χ4v) is 1.67. The Balaban J connectivity index is 2.57. The number of carbonyl (C=O) groups is 1. The lowest BCUT2D eigenvalue weighted by Crippen LogP contribution is -2.16. The van der Waals surface area contributed by atoms with Crippen LogP contribution in [0.25, 0.3) is 11.1 Å². The third kappa shape index (κ3) is 2.26. The van der Waals surface area contributed by atoms with E-state index in [-0.39, 0.29) is 10.6 Å². The van der Waals surface area contributed by atoms with Crippen molar-refractivity contribution >= 4 is 17.6 Å². The smallest absolute Gasteiger partial charge is 0.341 e. The third-order valence-electron chi connectivity index (χ3n) is 2.39. The molecule has 0 radical (unpaired) electrons. The standard InChI is InChI=1S/C12H7ClFNO3/c13-9-4-6(1-2-10(9)14)7-3-8(12(17)18)11(16)15-5-7/h1-5H,(H,15,16)(H,17,18). The summed E-state index contributed by atoms with van der Waals surface area (Å²) < 4.78 is 13.0. The van der Waals surface area contributed by atoms with Crippen LogP contribution >= 0.6 is 11.6 Å². The normalized spacial score (nSPS) is 10.3. The molecular formula is C12H7ClFNO3. The number of aromatic nitrogens is 1. The molecule has 0 spiro atoms. The van der Waals surface area contributed by atoms with E-state index >= 15 is 0 Å². The van der Waals surface area contributed by atoms with Crippen LogP contribution in [0.4, 0.5) is 4.39 Å². The lowest BCUT2D eigenvalue weighted by Gasteiger charge is -2.03. The van der Waals surface area contributed by atoms with Gasteiger partial charge in [-0.15, -0.1) is 0 Å². The van der Waals surface area contributed by atoms with E-state index in [4.69, 9.17) is 16.7 Å². The van der Waals surface area contributed by atoms with E-state index in [1.165, 1.54) is 30.5 Å². The van der Waals surface area contributed by atoms with E-state index in [0.717, 1.165) is 0 Å². The van der Waals surface area contributed by atoms with E-state index < -0.39 is 17.3 Å². The number of carboxylic acid groups (broad SMARTS) is 1. The first-order valence-electron chi connectivity index (χ1n) is 4.90. The maximum absolute atomic E-state index is 13.0. The summed E-state index contributed by atoms with van der Waals surface area (Å²) in [7, 11) is 0. The van der Waals surface area contributed by atoms with Crippen molar-refractivity contribution in [3.8, 4) is 11.1 Å². The Bertz CT molecular complexity index is 681. The average Bonchev–Trinajstić information content (AvgIpc) is 2.33. The van der Waals surface area contributed by atoms with Gasteiger partial charge in [0.2, 0.25) is 0 Å². The summed E-state index contributed by atoms with van der Waals surface area (Å²) in [5.41, 5.74) is -0.124. The second-order valence-corrected chi connectivity index (χ2v) is 3.97. The van der Waals surface area contributed by atoms with Crippen molar-refractivity contribution in [1.82, 2.24) is 4.98 Å². The number of hydrogen-bond acceptors (Lipinski definition) is 2. The van der Waals surface area contributed by atoms with Crippen LogP contribution in [0.2, 0.25) is 5.02 Å². The second kappa shape index (κ2) is 4.62. The monoisotopic (exact) mass is 267 g/mol. The molecule has 2 N–H and O–H groups in total. The maximum Gasteiger partial charge on any atom is 0.341 e. The number of benzene rings is 1. The van der Waals surface area contributed by atoms with Crippen LogP contribution in [0.1, 0.15) is 10.4 Å². The number of hydrogen-bond donors (Lipinski definition) is 2. The largest absolute Gasteiger partial charge is 0.477 e. The van der Waals surface area contributed by atoms with Gasteiger partial charge in [0.15, 0.2) is 0 Å². The molecule has 0 bridgehead atoms. The van der Waals surface area contributed by atoms with Gasteiger partial charge in [-0.3, -0.25) is 4.79 Å². The molecule has 1 aromatic heterocycles. The molecule has 1 heterocycles. The molecule has 0 saturated carbocycles. The number of pyridine rings is 1. The van der Waals surface area contributed by atoms with Gasteiger partial charge in [0.1, 0.15) is 11.4 Å². The SMILES string of the molecule is O=C(O)c1cc(-c2ccc(F)c(Cl)c2)c[nH]c1=O. The lowest BCUT2D eigenvalue weighted by atomic mass is 10.1. The van der Waals surface area contributed by atoms with Crippen LogP contribution in [-0.4, -0.2) is 16.1 Å². The summed E-state index contributed by atoms with van der Waals surface area (Å²) in [6.07, 6.45) is 1.35. The highest BCUT2D eigenvalue weighted by Crippen LogP contribution is 2.24. The van der Waals surface area contributed by atoms with Crippen LogP contribution in [0.5, 0.6) is 0 Å². The Morgan fingerprint density at radius 2 is 2.00 bits per heavy atom. The van der Waals surface area contributed by atoms with Gasteiger partial charge in [-0.25, -0.2) is 9.18 Å². The minimum Gasteiger partial charge on any atom is -0.477 e. The molecule has 4 nitrogen and oxygen atoms in total. The van der Waals surface area contributed by atoms with Crippen molar-refractivity contribution in [2.75, 3.05) is 0 Å². The first-order chi connectivity index (χ1) is 8.49. The number of nitrogens with one attached hydrogen (secondary N) is 1. The molecule has 2 rings (SSSR count). The number of aromatic carboxylic acids is 1. The summed E-state index contributed by atoms with van der Waals surface area (Å²) in [6, 6.07) is 5.19. The van der Waals surface area contributed by atoms with Crippen LogP contribution < -0.4 is 5.56 Å². The van der Waals surface area contributed by atoms with E-state index in [0.29, 0.717) is 11.1 Å². The summed E-state index contributed by atoms with van der Waals surface area (Å²) in [5, 5.41) is 8.76. The van der Waals surface area contributed by atoms with Crippen molar-refractivity contribution in [3.05, 3.63) is 57.2 Å². The Morgan fingerprint density at radius 3 is 2.61 bits per heavy atom. The number of H-pyrrole nitrogens is 1. The molecule has 2 aromatic rings. The zero-order chi connectivity index (χ0) is 13.3. The van der Waals surface area contributed by atoms with Crippen LogP contribution in [0, 0.1) is 5.82 Å². The summed E-state index contributed by atoms with van der Waals surface area (Å²) in [5.74, 6) is -1.89. The fourth-order valence-electron chi connectivity index (χ4n) is 1.48. The fraction of sp³-hybridized carbons (Fsp3) is 0. The minimum atomic E-state index is -1.33. The van der Waals surface area contributed by atoms with Crippen LogP contribution in [0.3, 0.4) is 0 Å². The highest BCUT2D eigenvalue weighted by atomic mass is 35.5. The van der Waals surface area contributed by atoms with Crippen molar-refractivity contribution < 1.29 is 14.3 Å². The molecule has 92 valence electrons. The van der Waals surface area contributed by atoms with Crippen molar-refractivity contribution in [2.45, 2.75) is 0 Å². The first-order valence-corrected chi connectivity index (χ1v) is 5.28. The second-order valence-electron chi connectivity index (χ2n) is 3.57. The molecule has 0 aliphatic carbocycles. The van der Waals surface area contributed by atoms with E-state index in [2.05, 4.69) is 4.98 Å². The maximum atomic E-state index is 13.0. The molecule has 0 fully saturated rings. The van der Waals surface area contributed by atoms with Gasteiger partial charge in [-0.2, -0.15) is 0 Å². The lowest BCUT2D eigenvalue weighted by molar-refractivity contribution is 0.0695. The first kappa shape index (κ1) is 12.3.